The minimum Gasteiger partial charge on any atom is -0.491 e. The van der Waals surface area contributed by atoms with E-state index in [0.29, 0.717) is 24.9 Å². The smallest absolute Gasteiger partial charge is 0.405 e. The third kappa shape index (κ3) is 4.98. The molecular weight excluding hydrogens is 388 g/mol. The molecule has 1 saturated carbocycles. The van der Waals surface area contributed by atoms with E-state index in [1.54, 1.807) is 0 Å². The fraction of sp³-hybridized carbons (Fsp3) is 0.385. The minimum atomic E-state index is -1.02. The van der Waals surface area contributed by atoms with E-state index >= 15 is 0 Å². The average Bonchev–Trinajstić information content (AvgIpc) is 3.56. The normalized spacial score (nSPS) is 15.6. The van der Waals surface area contributed by atoms with Gasteiger partial charge in [0.05, 0.1) is 11.1 Å². The number of ether oxygens (including phenoxy) is 1. The molecule has 1 aliphatic carbocycles. The van der Waals surface area contributed by atoms with Crippen molar-refractivity contribution in [2.75, 3.05) is 6.61 Å². The lowest BCUT2D eigenvalue weighted by molar-refractivity contribution is 0.142. The summed E-state index contributed by atoms with van der Waals surface area (Å²) >= 11 is 0. The highest BCUT2D eigenvalue weighted by atomic mass is 16.5. The molecule has 1 amide bonds. The van der Waals surface area contributed by atoms with E-state index in [4.69, 9.17) is 4.74 Å². The molecular formula is C26H30N2O3. The third-order valence-electron chi connectivity index (χ3n) is 5.80. The Labute approximate surface area is 183 Å². The van der Waals surface area contributed by atoms with Crippen LogP contribution in [0.5, 0.6) is 5.75 Å². The molecule has 0 bridgehead atoms. The summed E-state index contributed by atoms with van der Waals surface area (Å²) in [7, 11) is 0. The molecule has 4 rings (SSSR count). The fourth-order valence-corrected chi connectivity index (χ4v) is 4.45. The first-order chi connectivity index (χ1) is 14.8. The zero-order valence-electron chi connectivity index (χ0n) is 18.4. The number of rotatable bonds is 8. The largest absolute Gasteiger partial charge is 0.491 e. The highest BCUT2D eigenvalue weighted by Gasteiger charge is 2.31. The fourth-order valence-electron chi connectivity index (χ4n) is 4.45. The van der Waals surface area contributed by atoms with Crippen molar-refractivity contribution < 1.29 is 14.6 Å². The van der Waals surface area contributed by atoms with Gasteiger partial charge in [-0.2, -0.15) is 0 Å². The highest BCUT2D eigenvalue weighted by Crippen LogP contribution is 2.46. The second kappa shape index (κ2) is 8.58. The van der Waals surface area contributed by atoms with E-state index in [0.717, 1.165) is 40.6 Å². The second-order valence-corrected chi connectivity index (χ2v) is 9.28. The van der Waals surface area contributed by atoms with Gasteiger partial charge in [-0.15, -0.1) is 0 Å². The number of carbonyl (C=O) groups is 1. The number of carboxylic acid groups (broad SMARTS) is 1. The van der Waals surface area contributed by atoms with Crippen LogP contribution in [0.3, 0.4) is 0 Å². The van der Waals surface area contributed by atoms with Gasteiger partial charge in [0.25, 0.3) is 0 Å². The van der Waals surface area contributed by atoms with E-state index in [1.165, 1.54) is 5.56 Å². The highest BCUT2D eigenvalue weighted by molar-refractivity contribution is 5.94. The van der Waals surface area contributed by atoms with Crippen LogP contribution < -0.4 is 10.1 Å². The molecule has 2 aromatic carbocycles. The first-order valence-corrected chi connectivity index (χ1v) is 11.0. The Morgan fingerprint density at radius 3 is 2.71 bits per heavy atom. The third-order valence-corrected chi connectivity index (χ3v) is 5.80. The Hall–Kier alpha value is -3.08. The molecule has 0 radical (unpaired) electrons. The molecule has 31 heavy (non-hydrogen) atoms. The maximum absolute atomic E-state index is 11.3. The molecule has 0 saturated heterocycles. The number of para-hydroxylation sites is 1. The van der Waals surface area contributed by atoms with Crippen molar-refractivity contribution in [3.63, 3.8) is 0 Å². The summed E-state index contributed by atoms with van der Waals surface area (Å²) in [4.78, 5) is 15.8. The number of nitrogens with zero attached hydrogens (tertiary/aromatic N) is 1. The predicted octanol–water partition coefficient (Wildman–Crippen LogP) is 6.23. The van der Waals surface area contributed by atoms with E-state index in [2.05, 4.69) is 48.4 Å². The molecule has 1 heterocycles. The number of hydrogen-bond acceptors (Lipinski definition) is 3. The number of fused-ring (bicyclic) bond motifs is 1. The molecule has 1 aliphatic rings. The molecule has 162 valence electrons. The minimum absolute atomic E-state index is 0.300. The Morgan fingerprint density at radius 1 is 1.23 bits per heavy atom. The van der Waals surface area contributed by atoms with E-state index < -0.39 is 11.6 Å². The molecule has 1 atom stereocenters. The van der Waals surface area contributed by atoms with Crippen LogP contribution in [0.4, 0.5) is 4.79 Å². The lowest BCUT2D eigenvalue weighted by atomic mass is 9.91. The van der Waals surface area contributed by atoms with Crippen molar-refractivity contribution >= 4 is 17.0 Å². The number of hydrogen-bond donors (Lipinski definition) is 2. The van der Waals surface area contributed by atoms with Crippen molar-refractivity contribution in [2.24, 2.45) is 5.92 Å². The van der Waals surface area contributed by atoms with Crippen molar-refractivity contribution in [3.05, 3.63) is 60.3 Å². The Bertz CT molecular complexity index is 1090. The van der Waals surface area contributed by atoms with Gasteiger partial charge in [0.15, 0.2) is 0 Å². The van der Waals surface area contributed by atoms with Gasteiger partial charge in [-0.1, -0.05) is 38.1 Å². The Kier molecular flexibility index (Phi) is 5.86. The van der Waals surface area contributed by atoms with Gasteiger partial charge in [0.2, 0.25) is 0 Å². The van der Waals surface area contributed by atoms with Gasteiger partial charge < -0.3 is 15.2 Å². The molecule has 1 fully saturated rings. The van der Waals surface area contributed by atoms with Crippen LogP contribution in [0.15, 0.2) is 54.7 Å². The number of pyridine rings is 1. The van der Waals surface area contributed by atoms with Crippen LogP contribution >= 0.6 is 0 Å². The first-order valence-electron chi connectivity index (χ1n) is 11.0. The quantitative estimate of drug-likeness (QED) is 0.455. The predicted molar refractivity (Wildman–Crippen MR) is 124 cm³/mol. The molecule has 5 nitrogen and oxygen atoms in total. The lowest BCUT2D eigenvalue weighted by Crippen LogP contribution is -2.50. The van der Waals surface area contributed by atoms with Gasteiger partial charge in [0, 0.05) is 11.6 Å². The number of benzene rings is 2. The first kappa shape index (κ1) is 21.2. The van der Waals surface area contributed by atoms with Crippen LogP contribution in [0.1, 0.15) is 51.5 Å². The van der Waals surface area contributed by atoms with Crippen LogP contribution in [0.25, 0.3) is 22.0 Å². The maximum Gasteiger partial charge on any atom is 0.405 e. The Balaban J connectivity index is 1.63. The van der Waals surface area contributed by atoms with Crippen LogP contribution in [-0.2, 0) is 0 Å². The summed E-state index contributed by atoms with van der Waals surface area (Å²) in [6, 6.07) is 16.6. The molecule has 2 N–H and O–H groups in total. The van der Waals surface area contributed by atoms with Crippen LogP contribution in [0.2, 0.25) is 0 Å². The van der Waals surface area contributed by atoms with Gasteiger partial charge in [-0.25, -0.2) is 4.79 Å². The molecule has 0 spiro atoms. The summed E-state index contributed by atoms with van der Waals surface area (Å²) < 4.78 is 6.25. The summed E-state index contributed by atoms with van der Waals surface area (Å²) in [5.41, 5.74) is 3.87. The topological polar surface area (TPSA) is 71.5 Å². The molecule has 0 aliphatic heterocycles. The number of amides is 1. The van der Waals surface area contributed by atoms with Crippen LogP contribution in [-0.4, -0.2) is 28.3 Å². The van der Waals surface area contributed by atoms with Crippen molar-refractivity contribution in [2.45, 2.75) is 51.5 Å². The van der Waals surface area contributed by atoms with Gasteiger partial charge in [-0.05, 0) is 79.0 Å². The summed E-state index contributed by atoms with van der Waals surface area (Å²) in [6.45, 7) is 6.39. The maximum atomic E-state index is 11.3. The molecule has 3 aromatic rings. The van der Waals surface area contributed by atoms with Gasteiger partial charge in [-0.3, -0.25) is 4.98 Å². The molecule has 5 heteroatoms. The van der Waals surface area contributed by atoms with Crippen LogP contribution in [0, 0.1) is 5.92 Å². The average molecular weight is 419 g/mol. The second-order valence-electron chi connectivity index (χ2n) is 9.28. The van der Waals surface area contributed by atoms with E-state index in [9.17, 15) is 9.90 Å². The lowest BCUT2D eigenvalue weighted by Gasteiger charge is -2.31. The zero-order chi connectivity index (χ0) is 22.0. The van der Waals surface area contributed by atoms with Gasteiger partial charge >= 0.3 is 6.09 Å². The molecule has 1 unspecified atom stereocenters. The van der Waals surface area contributed by atoms with E-state index in [-0.39, 0.29) is 0 Å². The Morgan fingerprint density at radius 2 is 2.00 bits per heavy atom. The molecule has 1 aromatic heterocycles. The summed E-state index contributed by atoms with van der Waals surface area (Å²) in [6.07, 6.45) is 3.86. The zero-order valence-corrected chi connectivity index (χ0v) is 18.4. The number of nitrogens with one attached hydrogen (secondary N) is 1. The summed E-state index contributed by atoms with van der Waals surface area (Å²) in [5.74, 6) is 1.71. The van der Waals surface area contributed by atoms with Crippen molar-refractivity contribution in [3.8, 4) is 16.9 Å². The SMILES string of the molecule is CC(C)CC(C)(COc1ccc(-c2ccnc3ccccc23)cc1C1CC1)NC(=O)O. The van der Waals surface area contributed by atoms with Crippen molar-refractivity contribution in [1.82, 2.24) is 10.3 Å². The standard InChI is InChI=1S/C26H30N2O3/c1-17(2)15-26(3,28-25(29)30)16-31-24-11-10-19(14-22(24)18-8-9-18)20-12-13-27-23-7-5-4-6-21(20)23/h4-7,10-14,17-18,28H,8-9,15-16H2,1-3H3,(H,29,30). The van der Waals surface area contributed by atoms with Gasteiger partial charge in [0.1, 0.15) is 12.4 Å². The monoisotopic (exact) mass is 418 g/mol. The van der Waals surface area contributed by atoms with E-state index in [1.807, 2.05) is 37.4 Å². The summed E-state index contributed by atoms with van der Waals surface area (Å²) in [5, 5.41) is 13.1. The number of aromatic nitrogens is 1. The van der Waals surface area contributed by atoms with Crippen molar-refractivity contribution in [1.29, 1.82) is 0 Å².